The second-order valence-corrected chi connectivity index (χ2v) is 7.62. The number of hydrogen-bond acceptors (Lipinski definition) is 7. The molecule has 8 nitrogen and oxygen atoms in total. The zero-order valence-corrected chi connectivity index (χ0v) is 15.9. The van der Waals surface area contributed by atoms with Crippen LogP contribution in [0.2, 0.25) is 0 Å². The molecule has 1 aliphatic carbocycles. The highest BCUT2D eigenvalue weighted by molar-refractivity contribution is 5.51. The van der Waals surface area contributed by atoms with Crippen LogP contribution in [0.1, 0.15) is 31.4 Å². The molecule has 0 bridgehead atoms. The molecule has 2 aromatic heterocycles. The molecule has 1 aliphatic heterocycles. The minimum absolute atomic E-state index is 0.563. The van der Waals surface area contributed by atoms with Gasteiger partial charge in [0.15, 0.2) is 0 Å². The Balaban J connectivity index is 1.43. The van der Waals surface area contributed by atoms with E-state index in [1.165, 1.54) is 31.4 Å². The predicted molar refractivity (Wildman–Crippen MR) is 101 cm³/mol. The van der Waals surface area contributed by atoms with Gasteiger partial charge in [-0.25, -0.2) is 9.97 Å². The van der Waals surface area contributed by atoms with Gasteiger partial charge in [0.1, 0.15) is 18.0 Å². The fourth-order valence-corrected chi connectivity index (χ4v) is 3.79. The molecule has 4 rings (SSSR count). The average Bonchev–Trinajstić information content (AvgIpc) is 3.40. The molecule has 1 saturated carbocycles. The first-order valence-electron chi connectivity index (χ1n) is 9.45. The van der Waals surface area contributed by atoms with Crippen LogP contribution in [0.3, 0.4) is 0 Å². The predicted octanol–water partition coefficient (Wildman–Crippen LogP) is 1.30. The quantitative estimate of drug-likeness (QED) is 0.773. The van der Waals surface area contributed by atoms with Gasteiger partial charge in [-0.15, -0.1) is 5.10 Å². The molecule has 0 unspecified atom stereocenters. The average molecular weight is 356 g/mol. The molecule has 1 saturated heterocycles. The van der Waals surface area contributed by atoms with Gasteiger partial charge >= 0.3 is 0 Å². The Hall–Kier alpha value is -2.22. The molecule has 3 heterocycles. The molecule has 2 aliphatic rings. The summed E-state index contributed by atoms with van der Waals surface area (Å²) in [6.07, 6.45) is 8.47. The monoisotopic (exact) mass is 356 g/mol. The van der Waals surface area contributed by atoms with Crippen LogP contribution in [0.5, 0.6) is 0 Å². The Labute approximate surface area is 154 Å². The van der Waals surface area contributed by atoms with E-state index >= 15 is 0 Å². The second kappa shape index (κ2) is 7.19. The first kappa shape index (κ1) is 17.2. The van der Waals surface area contributed by atoms with E-state index in [2.05, 4.69) is 36.1 Å². The Morgan fingerprint density at radius 3 is 2.35 bits per heavy atom. The van der Waals surface area contributed by atoms with E-state index in [1.54, 1.807) is 6.33 Å². The Morgan fingerprint density at radius 2 is 1.73 bits per heavy atom. The van der Waals surface area contributed by atoms with Crippen LogP contribution in [0.25, 0.3) is 0 Å². The van der Waals surface area contributed by atoms with Crippen molar-refractivity contribution in [2.45, 2.75) is 44.3 Å². The van der Waals surface area contributed by atoms with Gasteiger partial charge < -0.3 is 9.80 Å². The number of anilines is 2. The summed E-state index contributed by atoms with van der Waals surface area (Å²) in [7, 11) is 6.01. The van der Waals surface area contributed by atoms with Crippen molar-refractivity contribution in [2.75, 3.05) is 37.0 Å². The van der Waals surface area contributed by atoms with E-state index in [0.717, 1.165) is 31.3 Å². The van der Waals surface area contributed by atoms with Gasteiger partial charge in [0.05, 0.1) is 11.9 Å². The molecule has 26 heavy (non-hydrogen) atoms. The number of likely N-dealkylation sites (tertiary alicyclic amines) is 1. The van der Waals surface area contributed by atoms with Crippen molar-refractivity contribution >= 4 is 11.6 Å². The third-order valence-corrected chi connectivity index (χ3v) is 5.45. The van der Waals surface area contributed by atoms with Crippen molar-refractivity contribution in [2.24, 2.45) is 7.05 Å². The Kier molecular flexibility index (Phi) is 4.76. The first-order chi connectivity index (χ1) is 12.6. The third-order valence-electron chi connectivity index (χ3n) is 5.45. The van der Waals surface area contributed by atoms with Gasteiger partial charge in [0.2, 0.25) is 0 Å². The lowest BCUT2D eigenvalue weighted by Crippen LogP contribution is -2.46. The van der Waals surface area contributed by atoms with Crippen LogP contribution < -0.4 is 9.80 Å². The van der Waals surface area contributed by atoms with Crippen LogP contribution in [0.4, 0.5) is 11.6 Å². The maximum Gasteiger partial charge on any atom is 0.134 e. The fourth-order valence-electron chi connectivity index (χ4n) is 3.79. The second-order valence-electron chi connectivity index (χ2n) is 7.62. The summed E-state index contributed by atoms with van der Waals surface area (Å²) in [6, 6.07) is 3.34. The van der Waals surface area contributed by atoms with Crippen LogP contribution in [-0.2, 0) is 13.6 Å². The zero-order chi connectivity index (χ0) is 18.1. The van der Waals surface area contributed by atoms with E-state index in [9.17, 15) is 0 Å². The number of aryl methyl sites for hydroxylation is 1. The van der Waals surface area contributed by atoms with E-state index in [0.29, 0.717) is 12.1 Å². The van der Waals surface area contributed by atoms with Gasteiger partial charge in [-0.05, 0) is 25.7 Å². The maximum absolute atomic E-state index is 4.60. The Morgan fingerprint density at radius 1 is 1.04 bits per heavy atom. The summed E-state index contributed by atoms with van der Waals surface area (Å²) in [5.74, 6) is 2.06. The Bertz CT molecular complexity index is 730. The molecule has 0 amide bonds. The highest BCUT2D eigenvalue weighted by atomic mass is 15.4. The molecule has 0 spiro atoms. The smallest absolute Gasteiger partial charge is 0.134 e. The normalized spacial score (nSPS) is 18.9. The maximum atomic E-state index is 4.60. The van der Waals surface area contributed by atoms with Crippen LogP contribution in [0.15, 0.2) is 18.6 Å². The van der Waals surface area contributed by atoms with Crippen LogP contribution in [0, 0.1) is 0 Å². The summed E-state index contributed by atoms with van der Waals surface area (Å²) >= 11 is 0. The zero-order valence-electron chi connectivity index (χ0n) is 15.9. The molecule has 0 aromatic carbocycles. The van der Waals surface area contributed by atoms with Gasteiger partial charge in [0, 0.05) is 58.9 Å². The lowest BCUT2D eigenvalue weighted by atomic mass is 10.0. The molecule has 0 N–H and O–H groups in total. The molecule has 2 aromatic rings. The summed E-state index contributed by atoms with van der Waals surface area (Å²) in [5, 5.41) is 8.02. The molecule has 2 fully saturated rings. The number of piperidine rings is 1. The molecule has 8 heteroatoms. The summed E-state index contributed by atoms with van der Waals surface area (Å²) in [4.78, 5) is 16.1. The third kappa shape index (κ3) is 3.65. The number of nitrogens with zero attached hydrogens (tertiary/aromatic N) is 8. The van der Waals surface area contributed by atoms with Crippen LogP contribution >= 0.6 is 0 Å². The first-order valence-corrected chi connectivity index (χ1v) is 9.45. The molecule has 0 radical (unpaired) electrons. The number of hydrogen-bond donors (Lipinski definition) is 0. The SMILES string of the molecule is CN(C)c1cc(N(C2CC2)C2CCN(Cc3cnnn3C)CC2)ncn1. The minimum atomic E-state index is 0.563. The van der Waals surface area contributed by atoms with Crippen molar-refractivity contribution in [1.82, 2.24) is 29.9 Å². The number of aromatic nitrogens is 5. The molecule has 0 atom stereocenters. The van der Waals surface area contributed by atoms with Crippen molar-refractivity contribution in [3.8, 4) is 0 Å². The van der Waals surface area contributed by atoms with Gasteiger partial charge in [-0.1, -0.05) is 5.21 Å². The minimum Gasteiger partial charge on any atom is -0.363 e. The summed E-state index contributed by atoms with van der Waals surface area (Å²) in [6.45, 7) is 3.13. The van der Waals surface area contributed by atoms with Gasteiger partial charge in [0.25, 0.3) is 0 Å². The molecular weight excluding hydrogens is 328 g/mol. The van der Waals surface area contributed by atoms with Crippen LogP contribution in [-0.4, -0.2) is 69.1 Å². The highest BCUT2D eigenvalue weighted by Gasteiger charge is 2.36. The van der Waals surface area contributed by atoms with Gasteiger partial charge in [-0.3, -0.25) is 9.58 Å². The van der Waals surface area contributed by atoms with E-state index in [-0.39, 0.29) is 0 Å². The topological polar surface area (TPSA) is 66.2 Å². The van der Waals surface area contributed by atoms with Crippen molar-refractivity contribution in [1.29, 1.82) is 0 Å². The van der Waals surface area contributed by atoms with E-state index in [4.69, 9.17) is 0 Å². The lowest BCUT2D eigenvalue weighted by molar-refractivity contribution is 0.196. The lowest BCUT2D eigenvalue weighted by Gasteiger charge is -2.39. The summed E-state index contributed by atoms with van der Waals surface area (Å²) < 4.78 is 1.87. The van der Waals surface area contributed by atoms with Crippen molar-refractivity contribution in [3.05, 3.63) is 24.3 Å². The number of rotatable bonds is 6. The van der Waals surface area contributed by atoms with Crippen molar-refractivity contribution < 1.29 is 0 Å². The summed E-state index contributed by atoms with van der Waals surface area (Å²) in [5.41, 5.74) is 1.17. The molecular formula is C18H28N8. The highest BCUT2D eigenvalue weighted by Crippen LogP contribution is 2.36. The standard InChI is InChI=1S/C18H28N8/c1-23(2)17-10-18(20-13-19-17)26(14-4-5-14)15-6-8-25(9-7-15)12-16-11-21-22-24(16)3/h10-11,13-15H,4-9,12H2,1-3H3. The van der Waals surface area contributed by atoms with Crippen molar-refractivity contribution in [3.63, 3.8) is 0 Å². The van der Waals surface area contributed by atoms with E-state index in [1.807, 2.05) is 36.9 Å². The largest absolute Gasteiger partial charge is 0.363 e. The molecule has 140 valence electrons. The van der Waals surface area contributed by atoms with Gasteiger partial charge in [-0.2, -0.15) is 0 Å². The fraction of sp³-hybridized carbons (Fsp3) is 0.667. The van der Waals surface area contributed by atoms with E-state index < -0.39 is 0 Å².